The van der Waals surface area contributed by atoms with Crippen LogP contribution in [0.4, 0.5) is 19.0 Å². The van der Waals surface area contributed by atoms with Crippen LogP contribution in [0.5, 0.6) is 5.75 Å². The average Bonchev–Trinajstić information content (AvgIpc) is 2.84. The van der Waals surface area contributed by atoms with E-state index in [0.29, 0.717) is 31.3 Å². The van der Waals surface area contributed by atoms with Crippen LogP contribution in [0.25, 0.3) is 0 Å². The molecule has 1 atom stereocenters. The van der Waals surface area contributed by atoms with E-state index in [1.807, 2.05) is 17.9 Å². The predicted molar refractivity (Wildman–Crippen MR) is 124 cm³/mol. The second-order valence-corrected chi connectivity index (χ2v) is 8.08. The van der Waals surface area contributed by atoms with Gasteiger partial charge in [0.15, 0.2) is 11.3 Å². The molecular weight excluding hydrogens is 481 g/mol. The highest BCUT2D eigenvalue weighted by atomic mass is 19.4. The molecule has 2 aromatic rings. The Balaban J connectivity index is 0.000000319. The van der Waals surface area contributed by atoms with Crippen molar-refractivity contribution < 1.29 is 27.8 Å². The quantitative estimate of drug-likeness (QED) is 0.543. The molecule has 196 valence electrons. The minimum atomic E-state index is -4.86. The van der Waals surface area contributed by atoms with Crippen molar-refractivity contribution in [2.75, 3.05) is 37.7 Å². The van der Waals surface area contributed by atoms with Gasteiger partial charge in [-0.3, -0.25) is 9.59 Å². The maximum atomic E-state index is 12.3. The third kappa shape index (κ3) is 8.53. The second kappa shape index (κ2) is 13.4. The lowest BCUT2D eigenvalue weighted by Gasteiger charge is -2.35. The number of nitrogens with one attached hydrogen (secondary N) is 1. The Morgan fingerprint density at radius 2 is 1.97 bits per heavy atom. The molecule has 0 saturated carbocycles. The number of carbonyl (C=O) groups excluding carboxylic acids is 1. The van der Waals surface area contributed by atoms with Crippen LogP contribution in [0.1, 0.15) is 44.2 Å². The number of amides is 1. The standard InChI is InChI=1S/C18H26N4O2.C5H3F3N2O2/c1-3-4-11-24-15(2)12-18(23)22-9-7-21(8-10-22)17-6-5-16(13-19)14-20-17;6-5(7,8)3-2(11)1-9-10-4(3)12/h5-6,14-15H,3-4,7-12H2,1-2H3;1H,(H2,10,11,12). The summed E-state index contributed by atoms with van der Waals surface area (Å²) in [7, 11) is 0. The fraction of sp³-hybridized carbons (Fsp3) is 0.522. The highest BCUT2D eigenvalue weighted by molar-refractivity contribution is 5.77. The van der Waals surface area contributed by atoms with Crippen LogP contribution in [0.2, 0.25) is 0 Å². The number of aromatic amines is 1. The van der Waals surface area contributed by atoms with Crippen LogP contribution in [0.15, 0.2) is 29.3 Å². The van der Waals surface area contributed by atoms with E-state index in [1.165, 1.54) is 0 Å². The molecule has 1 amide bonds. The number of nitriles is 1. The minimum absolute atomic E-state index is 0.0257. The molecule has 1 aliphatic rings. The molecule has 0 aromatic carbocycles. The molecule has 1 unspecified atom stereocenters. The van der Waals surface area contributed by atoms with Gasteiger partial charge >= 0.3 is 6.18 Å². The van der Waals surface area contributed by atoms with E-state index in [1.54, 1.807) is 17.4 Å². The van der Waals surface area contributed by atoms with Crippen molar-refractivity contribution >= 4 is 11.7 Å². The highest BCUT2D eigenvalue weighted by Gasteiger charge is 2.37. The van der Waals surface area contributed by atoms with E-state index in [9.17, 15) is 22.8 Å². The molecule has 3 heterocycles. The molecule has 1 aliphatic heterocycles. The summed E-state index contributed by atoms with van der Waals surface area (Å²) in [5, 5.41) is 22.0. The Morgan fingerprint density at radius 1 is 1.28 bits per heavy atom. The van der Waals surface area contributed by atoms with E-state index in [2.05, 4.69) is 28.0 Å². The van der Waals surface area contributed by atoms with Crippen LogP contribution in [-0.4, -0.2) is 70.0 Å². The first-order valence-corrected chi connectivity index (χ1v) is 11.4. The van der Waals surface area contributed by atoms with Gasteiger partial charge < -0.3 is 19.6 Å². The fourth-order valence-electron chi connectivity index (χ4n) is 3.35. The third-order valence-corrected chi connectivity index (χ3v) is 5.32. The topological polar surface area (TPSA) is 135 Å². The summed E-state index contributed by atoms with van der Waals surface area (Å²) < 4.78 is 41.4. The number of ether oxygens (including phenoxy) is 1. The fourth-order valence-corrected chi connectivity index (χ4v) is 3.35. The number of hydrogen-bond acceptors (Lipinski definition) is 8. The zero-order valence-electron chi connectivity index (χ0n) is 20.1. The van der Waals surface area contributed by atoms with E-state index < -0.39 is 23.0 Å². The van der Waals surface area contributed by atoms with Gasteiger partial charge in [0.05, 0.1) is 24.3 Å². The Hall–Kier alpha value is -3.66. The number of H-pyrrole nitrogens is 1. The number of anilines is 1. The normalized spacial score (nSPS) is 14.4. The summed E-state index contributed by atoms with van der Waals surface area (Å²) in [6.45, 7) is 7.73. The molecule has 36 heavy (non-hydrogen) atoms. The van der Waals surface area contributed by atoms with Gasteiger partial charge in [0.2, 0.25) is 5.91 Å². The van der Waals surface area contributed by atoms with Crippen molar-refractivity contribution in [3.05, 3.63) is 46.0 Å². The van der Waals surface area contributed by atoms with Gasteiger partial charge in [-0.15, -0.1) is 0 Å². The van der Waals surface area contributed by atoms with Crippen LogP contribution in [0, 0.1) is 11.3 Å². The number of aromatic hydroxyl groups is 1. The molecule has 0 bridgehead atoms. The lowest BCUT2D eigenvalue weighted by Crippen LogP contribution is -2.49. The van der Waals surface area contributed by atoms with E-state index >= 15 is 0 Å². The number of hydrogen-bond donors (Lipinski definition) is 2. The van der Waals surface area contributed by atoms with Crippen molar-refractivity contribution in [2.45, 2.75) is 45.4 Å². The first kappa shape index (κ1) is 28.6. The lowest BCUT2D eigenvalue weighted by atomic mass is 10.2. The van der Waals surface area contributed by atoms with Crippen LogP contribution < -0.4 is 10.5 Å². The third-order valence-electron chi connectivity index (χ3n) is 5.32. The number of nitrogens with zero attached hydrogens (tertiary/aromatic N) is 5. The van der Waals surface area contributed by atoms with Gasteiger partial charge in [-0.2, -0.15) is 23.5 Å². The molecular formula is C23H29F3N6O4. The number of rotatable bonds is 7. The summed E-state index contributed by atoms with van der Waals surface area (Å²) in [6, 6.07) is 5.70. The zero-order chi connectivity index (χ0) is 26.7. The van der Waals surface area contributed by atoms with Crippen molar-refractivity contribution in [1.29, 1.82) is 5.26 Å². The molecule has 0 radical (unpaired) electrons. The molecule has 1 fully saturated rings. The van der Waals surface area contributed by atoms with Gasteiger partial charge in [-0.05, 0) is 25.5 Å². The van der Waals surface area contributed by atoms with Crippen LogP contribution in [0.3, 0.4) is 0 Å². The SMILES string of the molecule is CCCCOC(C)CC(=O)N1CCN(c2ccc(C#N)cn2)CC1.O=c1[nH]ncc(O)c1C(F)(F)F. The largest absolute Gasteiger partial charge is 0.505 e. The highest BCUT2D eigenvalue weighted by Crippen LogP contribution is 2.31. The monoisotopic (exact) mass is 510 g/mol. The average molecular weight is 511 g/mol. The predicted octanol–water partition coefficient (Wildman–Crippen LogP) is 2.69. The van der Waals surface area contributed by atoms with Gasteiger partial charge in [-0.25, -0.2) is 10.1 Å². The molecule has 0 aliphatic carbocycles. The van der Waals surface area contributed by atoms with Crippen molar-refractivity contribution in [3.63, 3.8) is 0 Å². The number of piperazine rings is 1. The number of halogens is 3. The Morgan fingerprint density at radius 3 is 2.47 bits per heavy atom. The number of unbranched alkanes of at least 4 members (excludes halogenated alkanes) is 1. The number of carbonyl (C=O) groups is 1. The second-order valence-electron chi connectivity index (χ2n) is 8.08. The molecule has 10 nitrogen and oxygen atoms in total. The van der Waals surface area contributed by atoms with E-state index in [4.69, 9.17) is 15.1 Å². The number of pyridine rings is 1. The summed E-state index contributed by atoms with van der Waals surface area (Å²) in [6.07, 6.45) is -0.200. The van der Waals surface area contributed by atoms with E-state index in [-0.39, 0.29) is 12.0 Å². The smallest absolute Gasteiger partial charge is 0.425 e. The van der Waals surface area contributed by atoms with Gasteiger partial charge in [-0.1, -0.05) is 13.3 Å². The molecule has 1 saturated heterocycles. The Kier molecular flexibility index (Phi) is 10.7. The number of alkyl halides is 3. The maximum Gasteiger partial charge on any atom is 0.425 e. The lowest BCUT2D eigenvalue weighted by molar-refractivity contribution is -0.140. The van der Waals surface area contributed by atoms with Gasteiger partial charge in [0.25, 0.3) is 5.56 Å². The summed E-state index contributed by atoms with van der Waals surface area (Å²) >= 11 is 0. The van der Waals surface area contributed by atoms with E-state index in [0.717, 1.165) is 38.4 Å². The Labute approximate surface area is 206 Å². The zero-order valence-corrected chi connectivity index (χ0v) is 20.1. The van der Waals surface area contributed by atoms with Crippen molar-refractivity contribution in [1.82, 2.24) is 20.1 Å². The van der Waals surface area contributed by atoms with Crippen molar-refractivity contribution in [2.24, 2.45) is 0 Å². The van der Waals surface area contributed by atoms with Gasteiger partial charge in [0, 0.05) is 39.0 Å². The summed E-state index contributed by atoms with van der Waals surface area (Å²) in [5.74, 6) is -0.157. The van der Waals surface area contributed by atoms with Crippen LogP contribution >= 0.6 is 0 Å². The molecule has 0 spiro atoms. The van der Waals surface area contributed by atoms with Gasteiger partial charge in [0.1, 0.15) is 11.9 Å². The molecule has 2 aromatic heterocycles. The minimum Gasteiger partial charge on any atom is -0.505 e. The first-order chi connectivity index (χ1) is 17.1. The summed E-state index contributed by atoms with van der Waals surface area (Å²) in [4.78, 5) is 31.2. The Bertz CT molecular complexity index is 1080. The summed E-state index contributed by atoms with van der Waals surface area (Å²) in [5.41, 5.74) is -2.52. The van der Waals surface area contributed by atoms with Crippen molar-refractivity contribution in [3.8, 4) is 11.8 Å². The molecule has 2 N–H and O–H groups in total. The number of aromatic nitrogens is 3. The molecule has 3 rings (SSSR count). The maximum absolute atomic E-state index is 12.3. The van der Waals surface area contributed by atoms with Crippen LogP contribution in [-0.2, 0) is 15.7 Å². The first-order valence-electron chi connectivity index (χ1n) is 11.4. The molecule has 13 heteroatoms.